The summed E-state index contributed by atoms with van der Waals surface area (Å²) in [5.41, 5.74) is 1.82. The first-order chi connectivity index (χ1) is 8.52. The third-order valence-corrected chi connectivity index (χ3v) is 3.14. The summed E-state index contributed by atoms with van der Waals surface area (Å²) in [7, 11) is 3.11. The van der Waals surface area contributed by atoms with Gasteiger partial charge in [0.1, 0.15) is 11.8 Å². The minimum atomic E-state index is -0.463. The molecule has 1 unspecified atom stereocenters. The molecule has 0 aromatic heterocycles. The Bertz CT molecular complexity index is 499. The highest BCUT2D eigenvalue weighted by Crippen LogP contribution is 2.24. The Kier molecular flexibility index (Phi) is 3.23. The van der Waals surface area contributed by atoms with Gasteiger partial charge in [0.05, 0.1) is 13.5 Å². The van der Waals surface area contributed by atoms with E-state index in [-0.39, 0.29) is 18.2 Å². The van der Waals surface area contributed by atoms with E-state index in [1.54, 1.807) is 7.11 Å². The normalized spacial score (nSPS) is 19.3. The zero-order valence-electron chi connectivity index (χ0n) is 10.7. The molecule has 1 saturated heterocycles. The van der Waals surface area contributed by atoms with E-state index in [9.17, 15) is 9.59 Å². The molecule has 1 atom stereocenters. The molecule has 1 N–H and O–H groups in total. The van der Waals surface area contributed by atoms with E-state index in [1.165, 1.54) is 7.05 Å². The molecular weight excluding hydrogens is 232 g/mol. The van der Waals surface area contributed by atoms with E-state index >= 15 is 0 Å². The van der Waals surface area contributed by atoms with Crippen LogP contribution in [-0.4, -0.2) is 36.9 Å². The molecule has 0 bridgehead atoms. The summed E-state index contributed by atoms with van der Waals surface area (Å²) < 4.78 is 5.12. The van der Waals surface area contributed by atoms with Gasteiger partial charge in [0.25, 0.3) is 5.91 Å². The summed E-state index contributed by atoms with van der Waals surface area (Å²) in [6.45, 7) is 1.93. The first kappa shape index (κ1) is 12.4. The number of methoxy groups -OCH3 is 1. The number of hydrogen-bond acceptors (Lipinski definition) is 4. The highest BCUT2D eigenvalue weighted by molar-refractivity contribution is 6.06. The summed E-state index contributed by atoms with van der Waals surface area (Å²) in [5.74, 6) is 0.433. The second-order valence-electron chi connectivity index (χ2n) is 4.37. The number of imide groups is 1. The number of benzene rings is 1. The standard InChI is InChI=1S/C13H16N2O3/c1-8-6-9(18-3)4-5-10(8)14-11-7-12(16)15(2)13(11)17/h4-6,11,14H,7H2,1-3H3. The van der Waals surface area contributed by atoms with Crippen molar-refractivity contribution in [2.75, 3.05) is 19.5 Å². The zero-order valence-corrected chi connectivity index (χ0v) is 10.7. The third kappa shape index (κ3) is 2.16. The van der Waals surface area contributed by atoms with Crippen LogP contribution in [0.3, 0.4) is 0 Å². The van der Waals surface area contributed by atoms with Gasteiger partial charge in [0.15, 0.2) is 0 Å². The fourth-order valence-electron chi connectivity index (χ4n) is 1.98. The number of likely N-dealkylation sites (N-methyl/N-ethyl adjacent to an activating group) is 1. The Morgan fingerprint density at radius 3 is 2.61 bits per heavy atom. The van der Waals surface area contributed by atoms with Crippen molar-refractivity contribution in [1.82, 2.24) is 4.90 Å². The molecule has 1 aliphatic rings. The van der Waals surface area contributed by atoms with Crippen LogP contribution in [0.25, 0.3) is 0 Å². The lowest BCUT2D eigenvalue weighted by atomic mass is 10.1. The molecule has 5 nitrogen and oxygen atoms in total. The molecule has 1 aliphatic heterocycles. The van der Waals surface area contributed by atoms with Gasteiger partial charge in [-0.05, 0) is 30.7 Å². The van der Waals surface area contributed by atoms with E-state index in [2.05, 4.69) is 5.32 Å². The summed E-state index contributed by atoms with van der Waals surface area (Å²) in [4.78, 5) is 24.4. The van der Waals surface area contributed by atoms with Gasteiger partial charge in [-0.1, -0.05) is 0 Å². The number of amides is 2. The molecule has 1 aromatic rings. The number of ether oxygens (including phenoxy) is 1. The number of rotatable bonds is 3. The molecule has 1 fully saturated rings. The lowest BCUT2D eigenvalue weighted by Crippen LogP contribution is -2.31. The van der Waals surface area contributed by atoms with Crippen LogP contribution in [-0.2, 0) is 9.59 Å². The molecule has 2 rings (SSSR count). The molecule has 2 amide bonds. The molecule has 1 aromatic carbocycles. The summed E-state index contributed by atoms with van der Waals surface area (Å²) in [5, 5.41) is 3.10. The lowest BCUT2D eigenvalue weighted by molar-refractivity contribution is -0.136. The van der Waals surface area contributed by atoms with Crippen molar-refractivity contribution in [3.8, 4) is 5.75 Å². The van der Waals surface area contributed by atoms with E-state index in [4.69, 9.17) is 4.74 Å². The largest absolute Gasteiger partial charge is 0.497 e. The second kappa shape index (κ2) is 4.68. The number of hydrogen-bond donors (Lipinski definition) is 1. The van der Waals surface area contributed by atoms with Crippen molar-refractivity contribution in [1.29, 1.82) is 0 Å². The van der Waals surface area contributed by atoms with Crippen LogP contribution in [0.15, 0.2) is 18.2 Å². The van der Waals surface area contributed by atoms with Gasteiger partial charge in [-0.2, -0.15) is 0 Å². The van der Waals surface area contributed by atoms with Gasteiger partial charge in [0, 0.05) is 12.7 Å². The van der Waals surface area contributed by atoms with E-state index in [1.807, 2.05) is 25.1 Å². The molecule has 0 aliphatic carbocycles. The van der Waals surface area contributed by atoms with Gasteiger partial charge in [0.2, 0.25) is 5.91 Å². The van der Waals surface area contributed by atoms with Crippen molar-refractivity contribution in [2.45, 2.75) is 19.4 Å². The maximum absolute atomic E-state index is 11.8. The van der Waals surface area contributed by atoms with E-state index in [0.717, 1.165) is 21.9 Å². The van der Waals surface area contributed by atoms with Crippen LogP contribution in [0.1, 0.15) is 12.0 Å². The topological polar surface area (TPSA) is 58.6 Å². The second-order valence-corrected chi connectivity index (χ2v) is 4.37. The molecule has 0 saturated carbocycles. The number of nitrogens with zero attached hydrogens (tertiary/aromatic N) is 1. The van der Waals surface area contributed by atoms with Gasteiger partial charge in [-0.3, -0.25) is 14.5 Å². The van der Waals surface area contributed by atoms with Crippen molar-refractivity contribution < 1.29 is 14.3 Å². The van der Waals surface area contributed by atoms with E-state index in [0.29, 0.717) is 0 Å². The summed E-state index contributed by atoms with van der Waals surface area (Å²) in [6.07, 6.45) is 0.209. The predicted molar refractivity (Wildman–Crippen MR) is 67.5 cm³/mol. The molecular formula is C13H16N2O3. The smallest absolute Gasteiger partial charge is 0.251 e. The quantitative estimate of drug-likeness (QED) is 0.816. The van der Waals surface area contributed by atoms with Crippen molar-refractivity contribution >= 4 is 17.5 Å². The van der Waals surface area contributed by atoms with Gasteiger partial charge >= 0.3 is 0 Å². The van der Waals surface area contributed by atoms with Crippen LogP contribution in [0.5, 0.6) is 5.75 Å². The van der Waals surface area contributed by atoms with Gasteiger partial charge in [-0.25, -0.2) is 0 Å². The minimum absolute atomic E-state index is 0.149. The maximum Gasteiger partial charge on any atom is 0.251 e. The number of likely N-dealkylation sites (tertiary alicyclic amines) is 1. The molecule has 1 heterocycles. The van der Waals surface area contributed by atoms with Crippen LogP contribution < -0.4 is 10.1 Å². The molecule has 5 heteroatoms. The molecule has 0 radical (unpaired) electrons. The fourth-order valence-corrected chi connectivity index (χ4v) is 1.98. The highest BCUT2D eigenvalue weighted by atomic mass is 16.5. The summed E-state index contributed by atoms with van der Waals surface area (Å²) >= 11 is 0. The number of anilines is 1. The van der Waals surface area contributed by atoms with Crippen molar-refractivity contribution in [2.24, 2.45) is 0 Å². The number of aryl methyl sites for hydroxylation is 1. The molecule has 18 heavy (non-hydrogen) atoms. The van der Waals surface area contributed by atoms with Crippen LogP contribution >= 0.6 is 0 Å². The Morgan fingerprint density at radius 2 is 2.11 bits per heavy atom. The maximum atomic E-state index is 11.8. The Balaban J connectivity index is 2.15. The highest BCUT2D eigenvalue weighted by Gasteiger charge is 2.36. The molecule has 0 spiro atoms. The Hall–Kier alpha value is -2.04. The number of nitrogens with one attached hydrogen (secondary N) is 1. The Morgan fingerprint density at radius 1 is 1.39 bits per heavy atom. The lowest BCUT2D eigenvalue weighted by Gasteiger charge is -2.15. The zero-order chi connectivity index (χ0) is 13.3. The monoisotopic (exact) mass is 248 g/mol. The first-order valence-electron chi connectivity index (χ1n) is 5.74. The number of carbonyl (C=O) groups excluding carboxylic acids is 2. The van der Waals surface area contributed by atoms with Crippen LogP contribution in [0.2, 0.25) is 0 Å². The SMILES string of the molecule is COc1ccc(NC2CC(=O)N(C)C2=O)c(C)c1. The predicted octanol–water partition coefficient (Wildman–Crippen LogP) is 1.17. The fraction of sp³-hybridized carbons (Fsp3) is 0.385. The summed E-state index contributed by atoms with van der Waals surface area (Å²) in [6, 6.07) is 5.09. The van der Waals surface area contributed by atoms with Crippen molar-refractivity contribution in [3.63, 3.8) is 0 Å². The van der Waals surface area contributed by atoms with E-state index < -0.39 is 6.04 Å². The van der Waals surface area contributed by atoms with Gasteiger partial charge in [-0.15, -0.1) is 0 Å². The van der Waals surface area contributed by atoms with Crippen LogP contribution in [0.4, 0.5) is 5.69 Å². The molecule has 96 valence electrons. The first-order valence-corrected chi connectivity index (χ1v) is 5.74. The van der Waals surface area contributed by atoms with Gasteiger partial charge < -0.3 is 10.1 Å². The van der Waals surface area contributed by atoms with Crippen molar-refractivity contribution in [3.05, 3.63) is 23.8 Å². The minimum Gasteiger partial charge on any atom is -0.497 e. The number of carbonyl (C=O) groups is 2. The average Bonchev–Trinajstić information content (AvgIpc) is 2.59. The third-order valence-electron chi connectivity index (χ3n) is 3.14. The average molecular weight is 248 g/mol. The Labute approximate surface area is 106 Å². The van der Waals surface area contributed by atoms with Crippen LogP contribution in [0, 0.1) is 6.92 Å².